The van der Waals surface area contributed by atoms with E-state index in [2.05, 4.69) is 10.1 Å². The number of furan rings is 1. The minimum atomic E-state index is -0.845. The number of ether oxygens (including phenoxy) is 1. The van der Waals surface area contributed by atoms with Gasteiger partial charge >= 0.3 is 5.97 Å². The first-order valence-corrected chi connectivity index (χ1v) is 10.4. The van der Waals surface area contributed by atoms with Gasteiger partial charge < -0.3 is 9.15 Å². The lowest BCUT2D eigenvalue weighted by molar-refractivity contribution is -0.114. The second kappa shape index (κ2) is 8.32. The van der Waals surface area contributed by atoms with Gasteiger partial charge in [0.25, 0.3) is 5.91 Å². The number of fused-ring (bicyclic) bond motifs is 1. The van der Waals surface area contributed by atoms with Crippen molar-refractivity contribution in [1.82, 2.24) is 5.01 Å². The van der Waals surface area contributed by atoms with Crippen molar-refractivity contribution in [2.45, 2.75) is 0 Å². The zero-order chi connectivity index (χ0) is 22.9. The molecule has 0 fully saturated rings. The number of amides is 1. The number of carbonyl (C=O) groups is 2. The number of rotatable bonds is 4. The topological polar surface area (TPSA) is 108 Å². The van der Waals surface area contributed by atoms with Crippen molar-refractivity contribution in [3.8, 4) is 5.75 Å². The lowest BCUT2D eigenvalue weighted by Crippen LogP contribution is -2.35. The summed E-state index contributed by atoms with van der Waals surface area (Å²) in [5.74, 6) is -1.61. The Balaban J connectivity index is 1.40. The van der Waals surface area contributed by atoms with Gasteiger partial charge in [0, 0.05) is 0 Å². The molecule has 10 heteroatoms. The maximum absolute atomic E-state index is 13.8. The van der Waals surface area contributed by atoms with Crippen LogP contribution in [0.1, 0.15) is 21.7 Å². The maximum atomic E-state index is 13.8. The Morgan fingerprint density at radius 1 is 1.15 bits per heavy atom. The van der Waals surface area contributed by atoms with Crippen LogP contribution in [0, 0.1) is 11.2 Å². The van der Waals surface area contributed by atoms with Crippen molar-refractivity contribution in [2.75, 3.05) is 0 Å². The number of aliphatic imine (C=N–C) groups is 1. The van der Waals surface area contributed by atoms with E-state index in [0.29, 0.717) is 16.4 Å². The highest BCUT2D eigenvalue weighted by molar-refractivity contribution is 8.27. The Labute approximate surface area is 190 Å². The number of benzene rings is 2. The molecule has 0 unspecified atom stereocenters. The number of carbonyl (C=O) groups excluding carboxylic acids is 2. The molecule has 33 heavy (non-hydrogen) atoms. The number of hydrogen-bond acceptors (Lipinski definition) is 7. The Bertz CT molecular complexity index is 1390. The Hall–Kier alpha value is -4.31. The second-order valence-corrected chi connectivity index (χ2v) is 7.80. The van der Waals surface area contributed by atoms with Gasteiger partial charge in [-0.2, -0.15) is 15.1 Å². The molecule has 8 nitrogen and oxygen atoms in total. The number of amidine groups is 2. The zero-order valence-electron chi connectivity index (χ0n) is 16.7. The summed E-state index contributed by atoms with van der Waals surface area (Å²) in [7, 11) is 0. The zero-order valence-corrected chi connectivity index (χ0v) is 17.5. The smallest absolute Gasteiger partial charge is 0.346 e. The van der Waals surface area contributed by atoms with E-state index < -0.39 is 17.7 Å². The fourth-order valence-electron chi connectivity index (χ4n) is 3.12. The molecule has 0 aliphatic carbocycles. The highest BCUT2D eigenvalue weighted by atomic mass is 32.2. The van der Waals surface area contributed by atoms with Gasteiger partial charge in [-0.05, 0) is 59.8 Å². The van der Waals surface area contributed by atoms with Gasteiger partial charge in [-0.15, -0.1) is 0 Å². The molecule has 0 saturated heterocycles. The van der Waals surface area contributed by atoms with Crippen molar-refractivity contribution < 1.29 is 23.1 Å². The molecule has 0 spiro atoms. The van der Waals surface area contributed by atoms with Crippen LogP contribution in [0.4, 0.5) is 4.39 Å². The predicted molar refractivity (Wildman–Crippen MR) is 121 cm³/mol. The first kappa shape index (κ1) is 20.6. The molecular formula is C23H13FN4O4S. The number of nitrogens with one attached hydrogen (secondary N) is 1. The van der Waals surface area contributed by atoms with Gasteiger partial charge in [0.05, 0.1) is 17.4 Å². The van der Waals surface area contributed by atoms with Crippen molar-refractivity contribution >= 4 is 45.8 Å². The molecule has 0 saturated carbocycles. The first-order chi connectivity index (χ1) is 16.0. The molecule has 3 aromatic rings. The molecule has 1 aromatic heterocycles. The number of hydrazone groups is 1. The lowest BCUT2D eigenvalue weighted by atomic mass is 10.1. The van der Waals surface area contributed by atoms with E-state index in [4.69, 9.17) is 14.6 Å². The summed E-state index contributed by atoms with van der Waals surface area (Å²) in [6.45, 7) is 0. The van der Waals surface area contributed by atoms with Crippen molar-refractivity contribution in [3.63, 3.8) is 0 Å². The van der Waals surface area contributed by atoms with Crippen molar-refractivity contribution in [3.05, 3.63) is 95.2 Å². The second-order valence-electron chi connectivity index (χ2n) is 6.84. The van der Waals surface area contributed by atoms with E-state index in [9.17, 15) is 14.0 Å². The van der Waals surface area contributed by atoms with Crippen LogP contribution in [-0.2, 0) is 4.79 Å². The van der Waals surface area contributed by atoms with Gasteiger partial charge in [0.15, 0.2) is 16.6 Å². The fraction of sp³-hybridized carbons (Fsp3) is 0. The molecule has 2 aromatic carbocycles. The summed E-state index contributed by atoms with van der Waals surface area (Å²) in [6, 6.07) is 15.3. The molecule has 1 amide bonds. The van der Waals surface area contributed by atoms with Crippen LogP contribution in [-0.4, -0.2) is 32.9 Å². The van der Waals surface area contributed by atoms with E-state index in [1.807, 2.05) is 0 Å². The summed E-state index contributed by atoms with van der Waals surface area (Å²) in [5.41, 5.74) is 0.313. The summed E-state index contributed by atoms with van der Waals surface area (Å²) in [6.07, 6.45) is 2.96. The fourth-order valence-corrected chi connectivity index (χ4v) is 3.97. The Kier molecular flexibility index (Phi) is 5.19. The van der Waals surface area contributed by atoms with Crippen LogP contribution in [0.2, 0.25) is 0 Å². The van der Waals surface area contributed by atoms with Crippen LogP contribution in [0.15, 0.2) is 87.0 Å². The van der Waals surface area contributed by atoms with E-state index in [0.717, 1.165) is 11.8 Å². The molecule has 0 radical (unpaired) electrons. The quantitative estimate of drug-likeness (QED) is 0.353. The van der Waals surface area contributed by atoms with Gasteiger partial charge in [-0.25, -0.2) is 9.18 Å². The lowest BCUT2D eigenvalue weighted by Gasteiger charge is -2.20. The average molecular weight is 460 g/mol. The molecule has 3 heterocycles. The van der Waals surface area contributed by atoms with Crippen LogP contribution in [0.25, 0.3) is 6.08 Å². The van der Waals surface area contributed by atoms with Gasteiger partial charge in [-0.1, -0.05) is 24.3 Å². The van der Waals surface area contributed by atoms with E-state index in [1.165, 1.54) is 53.7 Å². The van der Waals surface area contributed by atoms with E-state index >= 15 is 0 Å². The number of hydrogen-bond donors (Lipinski definition) is 1. The third kappa shape index (κ3) is 3.99. The summed E-state index contributed by atoms with van der Waals surface area (Å²) >= 11 is 1.13. The van der Waals surface area contributed by atoms with Gasteiger partial charge in [0.2, 0.25) is 5.17 Å². The average Bonchev–Trinajstić information content (AvgIpc) is 3.47. The normalized spacial score (nSPS) is 16.5. The number of esters is 1. The monoisotopic (exact) mass is 460 g/mol. The standard InChI is InChI=1S/C23H13FN4O4S/c24-17-8-2-1-7-15(17)22(30)32-14-6-3-5-13(11-14)12-16-19(25)28-23(26-20(16)29)33-21(27-28)18-9-4-10-31-18/h1-12,25H. The van der Waals surface area contributed by atoms with Crippen LogP contribution in [0.5, 0.6) is 5.75 Å². The Morgan fingerprint density at radius 2 is 2.00 bits per heavy atom. The molecule has 2 aliphatic heterocycles. The van der Waals surface area contributed by atoms with Crippen molar-refractivity contribution in [2.24, 2.45) is 10.1 Å². The van der Waals surface area contributed by atoms with Gasteiger partial charge in [0.1, 0.15) is 11.6 Å². The minimum Gasteiger partial charge on any atom is -0.462 e. The third-order valence-electron chi connectivity index (χ3n) is 4.66. The van der Waals surface area contributed by atoms with E-state index in [1.54, 1.807) is 24.3 Å². The summed E-state index contributed by atoms with van der Waals surface area (Å²) in [4.78, 5) is 28.9. The van der Waals surface area contributed by atoms with Crippen LogP contribution < -0.4 is 4.74 Å². The molecule has 1 N–H and O–H groups in total. The minimum absolute atomic E-state index is 0.0152. The maximum Gasteiger partial charge on any atom is 0.346 e. The van der Waals surface area contributed by atoms with Crippen LogP contribution >= 0.6 is 11.8 Å². The third-order valence-corrected chi connectivity index (χ3v) is 5.58. The molecule has 0 bridgehead atoms. The number of halogens is 1. The number of nitrogens with zero attached hydrogens (tertiary/aromatic N) is 3. The molecule has 0 atom stereocenters. The molecule has 5 rings (SSSR count). The SMILES string of the molecule is N=C1C(=Cc2cccc(OC(=O)c3ccccc3F)c2)C(=O)N=C2SC(c3ccco3)=NN12. The molecular weight excluding hydrogens is 447 g/mol. The highest BCUT2D eigenvalue weighted by Gasteiger charge is 2.36. The van der Waals surface area contributed by atoms with Gasteiger partial charge in [-0.3, -0.25) is 10.2 Å². The summed E-state index contributed by atoms with van der Waals surface area (Å²) in [5, 5.41) is 14.8. The predicted octanol–water partition coefficient (Wildman–Crippen LogP) is 4.31. The highest BCUT2D eigenvalue weighted by Crippen LogP contribution is 2.31. The molecule has 2 aliphatic rings. The largest absolute Gasteiger partial charge is 0.462 e. The van der Waals surface area contributed by atoms with E-state index in [-0.39, 0.29) is 27.9 Å². The van der Waals surface area contributed by atoms with Crippen molar-refractivity contribution in [1.29, 1.82) is 5.41 Å². The summed E-state index contributed by atoms with van der Waals surface area (Å²) < 4.78 is 24.4. The molecule has 162 valence electrons. The Morgan fingerprint density at radius 3 is 2.79 bits per heavy atom. The first-order valence-electron chi connectivity index (χ1n) is 9.60. The van der Waals surface area contributed by atoms with Crippen LogP contribution in [0.3, 0.4) is 0 Å². The number of thioether (sulfide) groups is 1.